The Kier molecular flexibility index (Phi) is 6.02. The molecular formula is C21H27NO2. The third-order valence-corrected chi connectivity index (χ3v) is 4.25. The van der Waals surface area contributed by atoms with Crippen molar-refractivity contribution in [1.29, 1.82) is 0 Å². The molecule has 3 nitrogen and oxygen atoms in total. The number of rotatable bonds is 6. The van der Waals surface area contributed by atoms with Crippen LogP contribution in [0.5, 0.6) is 5.75 Å². The minimum absolute atomic E-state index is 0.120. The van der Waals surface area contributed by atoms with Gasteiger partial charge in [0, 0.05) is 5.69 Å². The molecule has 3 heteroatoms. The zero-order chi connectivity index (χ0) is 17.7. The van der Waals surface area contributed by atoms with Crippen LogP contribution in [0.3, 0.4) is 0 Å². The smallest absolute Gasteiger partial charge is 0.265 e. The highest BCUT2D eigenvalue weighted by Gasteiger charge is 2.18. The van der Waals surface area contributed by atoms with E-state index in [4.69, 9.17) is 4.74 Å². The third kappa shape index (κ3) is 4.16. The van der Waals surface area contributed by atoms with Crippen LogP contribution in [-0.4, -0.2) is 12.0 Å². The van der Waals surface area contributed by atoms with Gasteiger partial charge < -0.3 is 10.1 Å². The zero-order valence-corrected chi connectivity index (χ0v) is 15.3. The summed E-state index contributed by atoms with van der Waals surface area (Å²) in [5.41, 5.74) is 5.46. The van der Waals surface area contributed by atoms with E-state index < -0.39 is 6.10 Å². The van der Waals surface area contributed by atoms with Crippen molar-refractivity contribution in [2.45, 2.75) is 53.6 Å². The first-order chi connectivity index (χ1) is 11.5. The molecule has 1 amide bonds. The van der Waals surface area contributed by atoms with Gasteiger partial charge in [-0.2, -0.15) is 0 Å². The summed E-state index contributed by atoms with van der Waals surface area (Å²) in [6.45, 7) is 10.0. The number of ether oxygens (including phenoxy) is 1. The van der Waals surface area contributed by atoms with Gasteiger partial charge >= 0.3 is 0 Å². The van der Waals surface area contributed by atoms with Crippen LogP contribution in [0.25, 0.3) is 0 Å². The van der Waals surface area contributed by atoms with Gasteiger partial charge in [0.25, 0.3) is 5.91 Å². The van der Waals surface area contributed by atoms with Crippen LogP contribution in [0.4, 0.5) is 5.69 Å². The van der Waals surface area contributed by atoms with Gasteiger partial charge in [0.1, 0.15) is 5.75 Å². The average Bonchev–Trinajstić information content (AvgIpc) is 2.57. The molecule has 2 aromatic rings. The fraction of sp³-hybridized carbons (Fsp3) is 0.381. The Morgan fingerprint density at radius 2 is 1.71 bits per heavy atom. The third-order valence-electron chi connectivity index (χ3n) is 4.25. The summed E-state index contributed by atoms with van der Waals surface area (Å²) in [6.07, 6.45) is 1.21. The van der Waals surface area contributed by atoms with Gasteiger partial charge in [-0.05, 0) is 56.4 Å². The van der Waals surface area contributed by atoms with E-state index in [1.807, 2.05) is 32.0 Å². The van der Waals surface area contributed by atoms with Gasteiger partial charge in [0.05, 0.1) is 0 Å². The van der Waals surface area contributed by atoms with Crippen molar-refractivity contribution >= 4 is 11.6 Å². The molecule has 128 valence electrons. The molecule has 1 atom stereocenters. The molecule has 0 aliphatic rings. The van der Waals surface area contributed by atoms with Crippen LogP contribution in [0.1, 0.15) is 43.0 Å². The molecule has 0 spiro atoms. The zero-order valence-electron chi connectivity index (χ0n) is 15.3. The normalized spacial score (nSPS) is 11.9. The number of aryl methyl sites for hydroxylation is 4. The van der Waals surface area contributed by atoms with Crippen molar-refractivity contribution in [3.63, 3.8) is 0 Å². The van der Waals surface area contributed by atoms with Gasteiger partial charge in [0.15, 0.2) is 6.10 Å². The van der Waals surface area contributed by atoms with Gasteiger partial charge in [-0.15, -0.1) is 0 Å². The molecule has 0 saturated carbocycles. The number of nitrogens with one attached hydrogen (secondary N) is 1. The molecule has 24 heavy (non-hydrogen) atoms. The monoisotopic (exact) mass is 325 g/mol. The maximum Gasteiger partial charge on any atom is 0.265 e. The lowest BCUT2D eigenvalue weighted by Crippen LogP contribution is -2.31. The Morgan fingerprint density at radius 3 is 2.25 bits per heavy atom. The number of hydrogen-bond acceptors (Lipinski definition) is 2. The molecular weight excluding hydrogens is 298 g/mol. The SMILES string of the molecule is CCc1cccc(CC)c1NC(=O)[C@H](C)Oc1ccc(C)cc1C. The van der Waals surface area contributed by atoms with E-state index in [9.17, 15) is 4.79 Å². The number of anilines is 1. The van der Waals surface area contributed by atoms with Crippen molar-refractivity contribution in [2.24, 2.45) is 0 Å². The second kappa shape index (κ2) is 8.00. The first-order valence-electron chi connectivity index (χ1n) is 8.61. The molecule has 2 rings (SSSR count). The summed E-state index contributed by atoms with van der Waals surface area (Å²) >= 11 is 0. The fourth-order valence-electron chi connectivity index (χ4n) is 2.80. The van der Waals surface area contributed by atoms with Gasteiger partial charge in [-0.1, -0.05) is 49.7 Å². The maximum absolute atomic E-state index is 12.6. The van der Waals surface area contributed by atoms with Crippen molar-refractivity contribution in [2.75, 3.05) is 5.32 Å². The van der Waals surface area contributed by atoms with E-state index in [0.717, 1.165) is 41.0 Å². The first kappa shape index (κ1) is 18.1. The summed E-state index contributed by atoms with van der Waals surface area (Å²) in [4.78, 5) is 12.6. The lowest BCUT2D eigenvalue weighted by Gasteiger charge is -2.19. The fourth-order valence-corrected chi connectivity index (χ4v) is 2.80. The lowest BCUT2D eigenvalue weighted by molar-refractivity contribution is -0.122. The summed E-state index contributed by atoms with van der Waals surface area (Å²) in [7, 11) is 0. The highest BCUT2D eigenvalue weighted by molar-refractivity contribution is 5.95. The predicted molar refractivity (Wildman–Crippen MR) is 99.8 cm³/mol. The van der Waals surface area contributed by atoms with E-state index >= 15 is 0 Å². The molecule has 0 fully saturated rings. The van der Waals surface area contributed by atoms with Crippen LogP contribution in [0.15, 0.2) is 36.4 Å². The van der Waals surface area contributed by atoms with E-state index in [2.05, 4.69) is 37.4 Å². The second-order valence-corrected chi connectivity index (χ2v) is 6.18. The molecule has 1 N–H and O–H groups in total. The lowest BCUT2D eigenvalue weighted by atomic mass is 10.0. The first-order valence-corrected chi connectivity index (χ1v) is 8.61. The highest BCUT2D eigenvalue weighted by atomic mass is 16.5. The highest BCUT2D eigenvalue weighted by Crippen LogP contribution is 2.24. The summed E-state index contributed by atoms with van der Waals surface area (Å²) in [5, 5.41) is 3.07. The van der Waals surface area contributed by atoms with Crippen LogP contribution in [0.2, 0.25) is 0 Å². The Hall–Kier alpha value is -2.29. The molecule has 0 unspecified atom stereocenters. The molecule has 0 heterocycles. The topological polar surface area (TPSA) is 38.3 Å². The molecule has 0 bridgehead atoms. The maximum atomic E-state index is 12.6. The van der Waals surface area contributed by atoms with E-state index in [1.54, 1.807) is 6.92 Å². The standard InChI is InChI=1S/C21H27NO2/c1-6-17-9-8-10-18(7-2)20(17)22-21(23)16(5)24-19-12-11-14(3)13-15(19)4/h8-13,16H,6-7H2,1-5H3,(H,22,23)/t16-/m0/s1. The summed E-state index contributed by atoms with van der Waals surface area (Å²) in [6, 6.07) is 12.1. The molecule has 0 aliphatic carbocycles. The molecule has 0 aromatic heterocycles. The Balaban J connectivity index is 2.15. The minimum Gasteiger partial charge on any atom is -0.481 e. The van der Waals surface area contributed by atoms with Gasteiger partial charge in [-0.25, -0.2) is 0 Å². The van der Waals surface area contributed by atoms with Crippen LogP contribution < -0.4 is 10.1 Å². The van der Waals surface area contributed by atoms with E-state index in [-0.39, 0.29) is 5.91 Å². The Bertz CT molecular complexity index is 700. The number of carbonyl (C=O) groups is 1. The van der Waals surface area contributed by atoms with Crippen molar-refractivity contribution in [1.82, 2.24) is 0 Å². The summed E-state index contributed by atoms with van der Waals surface area (Å²) < 4.78 is 5.87. The quantitative estimate of drug-likeness (QED) is 0.826. The molecule has 2 aromatic carbocycles. The number of amides is 1. The van der Waals surface area contributed by atoms with Gasteiger partial charge in [-0.3, -0.25) is 4.79 Å². The van der Waals surface area contributed by atoms with E-state index in [1.165, 1.54) is 5.56 Å². The predicted octanol–water partition coefficient (Wildman–Crippen LogP) is 4.83. The van der Waals surface area contributed by atoms with E-state index in [0.29, 0.717) is 0 Å². The van der Waals surface area contributed by atoms with Crippen molar-refractivity contribution in [3.05, 3.63) is 58.7 Å². The Labute approximate surface area is 145 Å². The van der Waals surface area contributed by atoms with Crippen LogP contribution >= 0.6 is 0 Å². The summed E-state index contributed by atoms with van der Waals surface area (Å²) in [5.74, 6) is 0.633. The number of benzene rings is 2. The minimum atomic E-state index is -0.555. The number of para-hydroxylation sites is 1. The Morgan fingerprint density at radius 1 is 1.08 bits per heavy atom. The van der Waals surface area contributed by atoms with Crippen molar-refractivity contribution in [3.8, 4) is 5.75 Å². The second-order valence-electron chi connectivity index (χ2n) is 6.18. The molecule has 0 radical (unpaired) electrons. The van der Waals surface area contributed by atoms with Crippen LogP contribution in [-0.2, 0) is 17.6 Å². The average molecular weight is 325 g/mol. The molecule has 0 aliphatic heterocycles. The van der Waals surface area contributed by atoms with Crippen LogP contribution in [0, 0.1) is 13.8 Å². The molecule has 0 saturated heterocycles. The largest absolute Gasteiger partial charge is 0.481 e. The van der Waals surface area contributed by atoms with Crippen molar-refractivity contribution < 1.29 is 9.53 Å². The number of hydrogen-bond donors (Lipinski definition) is 1. The van der Waals surface area contributed by atoms with Gasteiger partial charge in [0.2, 0.25) is 0 Å². The number of carbonyl (C=O) groups excluding carboxylic acids is 1.